The van der Waals surface area contributed by atoms with Crippen molar-refractivity contribution in [3.05, 3.63) is 11.3 Å². The molecule has 20 heavy (non-hydrogen) atoms. The molecule has 1 aliphatic carbocycles. The summed E-state index contributed by atoms with van der Waals surface area (Å²) in [5, 5.41) is 6.55. The fourth-order valence-corrected chi connectivity index (χ4v) is 2.60. The molecule has 1 aliphatic rings. The Morgan fingerprint density at radius 2 is 2.20 bits per heavy atom. The van der Waals surface area contributed by atoms with E-state index in [1.165, 1.54) is 11.5 Å². The molecule has 0 saturated heterocycles. The van der Waals surface area contributed by atoms with E-state index < -0.39 is 12.0 Å². The Hall–Kier alpha value is -1.63. The van der Waals surface area contributed by atoms with Crippen LogP contribution in [0.5, 0.6) is 0 Å². The van der Waals surface area contributed by atoms with Gasteiger partial charge in [0.25, 0.3) is 0 Å². The number of rotatable bonds is 6. The van der Waals surface area contributed by atoms with Crippen LogP contribution in [-0.4, -0.2) is 34.9 Å². The summed E-state index contributed by atoms with van der Waals surface area (Å²) < 4.78 is 9.16. The Labute approximate surface area is 122 Å². The van der Waals surface area contributed by atoms with Crippen molar-refractivity contribution in [3.63, 3.8) is 0 Å². The van der Waals surface area contributed by atoms with E-state index in [0.29, 0.717) is 28.9 Å². The van der Waals surface area contributed by atoms with Crippen LogP contribution in [-0.2, 0) is 9.53 Å². The van der Waals surface area contributed by atoms with Gasteiger partial charge in [0.15, 0.2) is 0 Å². The fraction of sp³-hybridized carbons (Fsp3) is 0.615. The van der Waals surface area contributed by atoms with Gasteiger partial charge in [-0.05, 0) is 45.1 Å². The third-order valence-electron chi connectivity index (χ3n) is 3.01. The molecule has 0 spiro atoms. The zero-order valence-electron chi connectivity index (χ0n) is 11.9. The van der Waals surface area contributed by atoms with Crippen molar-refractivity contribution in [2.45, 2.75) is 45.7 Å². The largest absolute Gasteiger partial charge is 0.462 e. The lowest BCUT2D eigenvalue weighted by molar-refractivity contribution is -0.121. The maximum atomic E-state index is 11.9. The number of carbonyl (C=O) groups is 2. The highest BCUT2D eigenvalue weighted by Gasteiger charge is 2.27. The van der Waals surface area contributed by atoms with Gasteiger partial charge in [-0.1, -0.05) is 0 Å². The molecule has 0 aromatic carbocycles. The zero-order chi connectivity index (χ0) is 14.7. The second-order valence-electron chi connectivity index (χ2n) is 4.84. The topological polar surface area (TPSA) is 80.3 Å². The molecule has 0 aliphatic heterocycles. The number of hydrogen-bond donors (Lipinski definition) is 2. The van der Waals surface area contributed by atoms with E-state index in [4.69, 9.17) is 4.74 Å². The number of esters is 1. The Kier molecular flexibility index (Phi) is 4.59. The van der Waals surface area contributed by atoms with Crippen LogP contribution in [0.2, 0.25) is 0 Å². The molecule has 7 heteroatoms. The molecule has 1 atom stereocenters. The number of hydrogen-bond acceptors (Lipinski definition) is 6. The van der Waals surface area contributed by atoms with Gasteiger partial charge in [-0.3, -0.25) is 4.79 Å². The fourth-order valence-electron chi connectivity index (χ4n) is 1.73. The maximum Gasteiger partial charge on any atom is 0.343 e. The summed E-state index contributed by atoms with van der Waals surface area (Å²) in [6.45, 7) is 5.59. The first-order valence-electron chi connectivity index (χ1n) is 6.73. The predicted octanol–water partition coefficient (Wildman–Crippen LogP) is 1.71. The van der Waals surface area contributed by atoms with Crippen LogP contribution in [0.4, 0.5) is 5.00 Å². The molecular weight excluding hydrogens is 278 g/mol. The quantitative estimate of drug-likeness (QED) is 0.781. The van der Waals surface area contributed by atoms with Gasteiger partial charge >= 0.3 is 5.97 Å². The van der Waals surface area contributed by atoms with E-state index in [1.807, 2.05) is 0 Å². The second-order valence-corrected chi connectivity index (χ2v) is 5.61. The zero-order valence-corrected chi connectivity index (χ0v) is 12.7. The van der Waals surface area contributed by atoms with Crippen molar-refractivity contribution in [2.75, 3.05) is 11.9 Å². The minimum Gasteiger partial charge on any atom is -0.462 e. The van der Waals surface area contributed by atoms with Crippen LogP contribution in [0.3, 0.4) is 0 Å². The summed E-state index contributed by atoms with van der Waals surface area (Å²) >= 11 is 1.17. The number of aromatic nitrogens is 1. The molecule has 1 fully saturated rings. The number of carbonyl (C=O) groups excluding carboxylic acids is 2. The van der Waals surface area contributed by atoms with Crippen LogP contribution in [0.1, 0.15) is 42.7 Å². The number of ether oxygens (including phenoxy) is 1. The number of anilines is 1. The lowest BCUT2D eigenvalue weighted by Gasteiger charge is -2.14. The molecule has 0 radical (unpaired) electrons. The predicted molar refractivity (Wildman–Crippen MR) is 77.1 cm³/mol. The standard InChI is InChI=1S/C13H19N3O3S/c1-4-19-13(18)10-7(2)16-20-12(10)14-8(3)11(17)15-9-5-6-9/h8-9,14H,4-6H2,1-3H3,(H,15,17). The van der Waals surface area contributed by atoms with E-state index in [0.717, 1.165) is 12.8 Å². The number of nitrogens with one attached hydrogen (secondary N) is 2. The smallest absolute Gasteiger partial charge is 0.343 e. The average Bonchev–Trinajstić information content (AvgIpc) is 3.13. The molecule has 1 saturated carbocycles. The van der Waals surface area contributed by atoms with E-state index >= 15 is 0 Å². The highest BCUT2D eigenvalue weighted by molar-refractivity contribution is 7.10. The molecule has 110 valence electrons. The molecule has 1 amide bonds. The summed E-state index contributed by atoms with van der Waals surface area (Å²) in [5.41, 5.74) is 1.04. The highest BCUT2D eigenvalue weighted by Crippen LogP contribution is 2.26. The number of amides is 1. The van der Waals surface area contributed by atoms with Crippen molar-refractivity contribution in [1.29, 1.82) is 0 Å². The summed E-state index contributed by atoms with van der Waals surface area (Å²) in [4.78, 5) is 23.8. The minimum atomic E-state index is -0.413. The molecule has 0 bridgehead atoms. The molecule has 1 heterocycles. The molecule has 2 N–H and O–H groups in total. The summed E-state index contributed by atoms with van der Waals surface area (Å²) in [6, 6.07) is -0.0944. The van der Waals surface area contributed by atoms with Crippen LogP contribution < -0.4 is 10.6 Å². The Balaban J connectivity index is 2.04. The molecular formula is C13H19N3O3S. The third kappa shape index (κ3) is 3.47. The van der Waals surface area contributed by atoms with Gasteiger partial charge in [0.2, 0.25) is 5.91 Å². The van der Waals surface area contributed by atoms with Crippen molar-refractivity contribution in [3.8, 4) is 0 Å². The van der Waals surface area contributed by atoms with Crippen LogP contribution >= 0.6 is 11.5 Å². The summed E-state index contributed by atoms with van der Waals surface area (Å²) in [7, 11) is 0. The van der Waals surface area contributed by atoms with Crippen molar-refractivity contribution in [1.82, 2.24) is 9.69 Å². The molecule has 6 nitrogen and oxygen atoms in total. The van der Waals surface area contributed by atoms with Gasteiger partial charge < -0.3 is 15.4 Å². The lowest BCUT2D eigenvalue weighted by Crippen LogP contribution is -2.38. The van der Waals surface area contributed by atoms with Crippen LogP contribution in [0, 0.1) is 6.92 Å². The first kappa shape index (κ1) is 14.8. The Morgan fingerprint density at radius 1 is 1.50 bits per heavy atom. The van der Waals surface area contributed by atoms with E-state index in [9.17, 15) is 9.59 Å². The van der Waals surface area contributed by atoms with Crippen LogP contribution in [0.15, 0.2) is 0 Å². The van der Waals surface area contributed by atoms with Gasteiger partial charge in [-0.15, -0.1) is 0 Å². The van der Waals surface area contributed by atoms with E-state index in [1.54, 1.807) is 20.8 Å². The van der Waals surface area contributed by atoms with Gasteiger partial charge in [0.05, 0.1) is 12.3 Å². The van der Waals surface area contributed by atoms with Crippen molar-refractivity contribution < 1.29 is 14.3 Å². The molecule has 2 rings (SSSR count). The third-order valence-corrected chi connectivity index (χ3v) is 3.88. The minimum absolute atomic E-state index is 0.0617. The SMILES string of the molecule is CCOC(=O)c1c(C)nsc1NC(C)C(=O)NC1CC1. The highest BCUT2D eigenvalue weighted by atomic mass is 32.1. The van der Waals surface area contributed by atoms with Crippen molar-refractivity contribution in [2.24, 2.45) is 0 Å². The first-order valence-corrected chi connectivity index (χ1v) is 7.50. The van der Waals surface area contributed by atoms with E-state index in [2.05, 4.69) is 15.0 Å². The summed E-state index contributed by atoms with van der Waals surface area (Å²) in [6.07, 6.45) is 2.10. The second kappa shape index (κ2) is 6.21. The van der Waals surface area contributed by atoms with E-state index in [-0.39, 0.29) is 5.91 Å². The number of nitrogens with zero attached hydrogens (tertiary/aromatic N) is 1. The molecule has 1 aromatic heterocycles. The molecule has 1 aromatic rings. The maximum absolute atomic E-state index is 11.9. The summed E-state index contributed by atoms with van der Waals surface area (Å²) in [5.74, 6) is -0.468. The lowest BCUT2D eigenvalue weighted by atomic mass is 10.2. The van der Waals surface area contributed by atoms with Gasteiger partial charge in [0.1, 0.15) is 16.6 Å². The average molecular weight is 297 g/mol. The number of aryl methyl sites for hydroxylation is 1. The molecule has 1 unspecified atom stereocenters. The van der Waals surface area contributed by atoms with Gasteiger partial charge in [0, 0.05) is 6.04 Å². The van der Waals surface area contributed by atoms with Gasteiger partial charge in [-0.25, -0.2) is 4.79 Å². The Morgan fingerprint density at radius 3 is 2.80 bits per heavy atom. The normalized spacial score (nSPS) is 15.6. The monoisotopic (exact) mass is 297 g/mol. The Bertz CT molecular complexity index is 511. The van der Waals surface area contributed by atoms with Crippen molar-refractivity contribution >= 4 is 28.4 Å². The van der Waals surface area contributed by atoms with Gasteiger partial charge in [-0.2, -0.15) is 4.37 Å². The van der Waals surface area contributed by atoms with Crippen LogP contribution in [0.25, 0.3) is 0 Å². The first-order chi connectivity index (χ1) is 9.52.